The largest absolute Gasteiger partial charge is 0.569 e. The van der Waals surface area contributed by atoms with Gasteiger partial charge < -0.3 is 9.68 Å². The zero-order valence-electron chi connectivity index (χ0n) is 4.37. The topological polar surface area (TPSA) is 29.5 Å². The summed E-state index contributed by atoms with van der Waals surface area (Å²) in [7, 11) is 0.623. The van der Waals surface area contributed by atoms with E-state index in [1.54, 1.807) is 11.4 Å². The van der Waals surface area contributed by atoms with E-state index < -0.39 is 0 Å². The van der Waals surface area contributed by atoms with Crippen LogP contribution in [0, 0.1) is 0 Å². The fourth-order valence-electron chi connectivity index (χ4n) is 0.417. The maximum Gasteiger partial charge on any atom is 0.569 e. The minimum absolute atomic E-state index is 0.563. The lowest BCUT2D eigenvalue weighted by molar-refractivity contribution is 0.455. The smallest absolute Gasteiger partial charge is 0.537 e. The highest BCUT2D eigenvalue weighted by Crippen LogP contribution is 2.24. The molecule has 1 aromatic rings. The van der Waals surface area contributed by atoms with Crippen molar-refractivity contribution in [3.63, 3.8) is 0 Å². The van der Waals surface area contributed by atoms with Gasteiger partial charge in [0.15, 0.2) is 0 Å². The molecule has 0 spiro atoms. The van der Waals surface area contributed by atoms with Gasteiger partial charge in [0.25, 0.3) is 0 Å². The van der Waals surface area contributed by atoms with Crippen LogP contribution in [0.15, 0.2) is 11.4 Å². The molecule has 1 heterocycles. The summed E-state index contributed by atoms with van der Waals surface area (Å²) in [5.41, 5.74) is 0. The molecule has 9 heavy (non-hydrogen) atoms. The van der Waals surface area contributed by atoms with Crippen LogP contribution in [0.4, 0.5) is 0 Å². The first-order valence-corrected chi connectivity index (χ1v) is 3.45. The highest BCUT2D eigenvalue weighted by molar-refractivity contribution is 7.14. The minimum atomic E-state index is 0.563. The van der Waals surface area contributed by atoms with Gasteiger partial charge in [0.2, 0.25) is 0 Å². The summed E-state index contributed by atoms with van der Waals surface area (Å²) in [6.45, 7) is 0. The Labute approximate surface area is 62.3 Å². The molecule has 1 rings (SSSR count). The normalized spacial score (nSPS) is 9.11. The third kappa shape index (κ3) is 1.89. The van der Waals surface area contributed by atoms with E-state index in [1.807, 2.05) is 0 Å². The van der Waals surface area contributed by atoms with E-state index in [0.29, 0.717) is 17.8 Å². The van der Waals surface area contributed by atoms with Crippen LogP contribution < -0.4 is 4.65 Å². The second kappa shape index (κ2) is 3.10. The predicted octanol–water partition coefficient (Wildman–Crippen LogP) is 1.31. The fraction of sp³-hybridized carbons (Fsp3) is 0. The predicted molar refractivity (Wildman–Crippen MR) is 37.9 cm³/mol. The van der Waals surface area contributed by atoms with E-state index >= 15 is 0 Å². The molecule has 0 saturated heterocycles. The van der Waals surface area contributed by atoms with E-state index in [0.717, 1.165) is 0 Å². The highest BCUT2D eigenvalue weighted by atomic mass is 35.5. The summed E-state index contributed by atoms with van der Waals surface area (Å²) in [6, 6.07) is 1.62. The van der Waals surface area contributed by atoms with Gasteiger partial charge >= 0.3 is 7.69 Å². The van der Waals surface area contributed by atoms with E-state index in [1.165, 1.54) is 11.3 Å². The average molecular weight is 161 g/mol. The molecule has 1 aromatic heterocycles. The molecule has 2 nitrogen and oxygen atoms in total. The van der Waals surface area contributed by atoms with Crippen LogP contribution in [0.25, 0.3) is 0 Å². The van der Waals surface area contributed by atoms with Gasteiger partial charge in [0.05, 0.1) is 4.34 Å². The molecule has 0 bridgehead atoms. The van der Waals surface area contributed by atoms with Crippen LogP contribution in [-0.4, -0.2) is 12.7 Å². The van der Waals surface area contributed by atoms with Crippen LogP contribution in [0.2, 0.25) is 4.34 Å². The fourth-order valence-corrected chi connectivity index (χ4v) is 1.19. The monoisotopic (exact) mass is 161 g/mol. The van der Waals surface area contributed by atoms with Gasteiger partial charge in [-0.1, -0.05) is 11.6 Å². The molecule has 0 aliphatic rings. The van der Waals surface area contributed by atoms with Crippen LogP contribution in [0.3, 0.4) is 0 Å². The average Bonchev–Trinajstić information content (AvgIpc) is 2.17. The molecule has 1 radical (unpaired) electrons. The summed E-state index contributed by atoms with van der Waals surface area (Å²) in [5, 5.41) is 9.85. The SMILES string of the molecule is O[B]Oc1csc(Cl)c1. The lowest BCUT2D eigenvalue weighted by Gasteiger charge is -1.91. The summed E-state index contributed by atoms with van der Waals surface area (Å²) in [5.74, 6) is 0.563. The molecule has 0 fully saturated rings. The number of hydrogen-bond donors (Lipinski definition) is 1. The Hall–Kier alpha value is -0.185. The quantitative estimate of drug-likeness (QED) is 0.663. The lowest BCUT2D eigenvalue weighted by atomic mass is 10.4. The summed E-state index contributed by atoms with van der Waals surface area (Å²) >= 11 is 6.89. The van der Waals surface area contributed by atoms with Crippen molar-refractivity contribution in [1.29, 1.82) is 0 Å². The maximum absolute atomic E-state index is 8.14. The van der Waals surface area contributed by atoms with E-state index in [-0.39, 0.29) is 0 Å². The van der Waals surface area contributed by atoms with Crippen molar-refractivity contribution >= 4 is 30.6 Å². The van der Waals surface area contributed by atoms with Crippen molar-refractivity contribution in [1.82, 2.24) is 0 Å². The molecule has 0 aliphatic carbocycles. The first-order chi connectivity index (χ1) is 4.33. The van der Waals surface area contributed by atoms with Crippen molar-refractivity contribution in [2.45, 2.75) is 0 Å². The van der Waals surface area contributed by atoms with Crippen LogP contribution in [0.5, 0.6) is 5.75 Å². The molecule has 0 aliphatic heterocycles. The van der Waals surface area contributed by atoms with Gasteiger partial charge in [0.1, 0.15) is 5.75 Å². The van der Waals surface area contributed by atoms with Gasteiger partial charge in [-0.25, -0.2) is 0 Å². The first kappa shape index (κ1) is 6.93. The van der Waals surface area contributed by atoms with E-state index in [2.05, 4.69) is 4.65 Å². The minimum Gasteiger partial charge on any atom is -0.537 e. The zero-order valence-corrected chi connectivity index (χ0v) is 5.95. The van der Waals surface area contributed by atoms with Gasteiger partial charge in [-0.05, 0) is 0 Å². The zero-order chi connectivity index (χ0) is 6.69. The van der Waals surface area contributed by atoms with Gasteiger partial charge in [-0.15, -0.1) is 11.3 Å². The molecule has 5 heteroatoms. The Bertz CT molecular complexity index is 190. The number of hydrogen-bond acceptors (Lipinski definition) is 3. The van der Waals surface area contributed by atoms with Crippen molar-refractivity contribution in [3.8, 4) is 5.75 Å². The van der Waals surface area contributed by atoms with Crippen LogP contribution in [-0.2, 0) is 0 Å². The summed E-state index contributed by atoms with van der Waals surface area (Å²) < 4.78 is 5.23. The Balaban J connectivity index is 2.61. The summed E-state index contributed by atoms with van der Waals surface area (Å²) in [6.07, 6.45) is 0. The Morgan fingerprint density at radius 2 is 2.56 bits per heavy atom. The van der Waals surface area contributed by atoms with Crippen LogP contribution in [0.1, 0.15) is 0 Å². The molecule has 1 N–H and O–H groups in total. The molecule has 0 unspecified atom stereocenters. The van der Waals surface area contributed by atoms with Gasteiger partial charge in [0, 0.05) is 11.4 Å². The molecule has 0 atom stereocenters. The Kier molecular flexibility index (Phi) is 2.39. The standard InChI is InChI=1S/C4H3BClO2S/c6-4-1-3(2-9-4)8-5-7/h1-2,7H. The lowest BCUT2D eigenvalue weighted by Crippen LogP contribution is -1.97. The number of rotatable bonds is 2. The molecule has 0 aromatic carbocycles. The molecular weight excluding hydrogens is 158 g/mol. The second-order valence-electron chi connectivity index (χ2n) is 1.31. The number of thiophene rings is 1. The molecule has 47 valence electrons. The third-order valence-electron chi connectivity index (χ3n) is 0.732. The molecule has 0 saturated carbocycles. The Morgan fingerprint density at radius 3 is 3.00 bits per heavy atom. The van der Waals surface area contributed by atoms with E-state index in [9.17, 15) is 0 Å². The van der Waals surface area contributed by atoms with Crippen molar-refractivity contribution in [3.05, 3.63) is 15.8 Å². The highest BCUT2D eigenvalue weighted by Gasteiger charge is 1.96. The van der Waals surface area contributed by atoms with Crippen molar-refractivity contribution in [2.24, 2.45) is 0 Å². The van der Waals surface area contributed by atoms with Crippen molar-refractivity contribution < 1.29 is 9.68 Å². The summed E-state index contributed by atoms with van der Waals surface area (Å²) in [4.78, 5) is 0. The van der Waals surface area contributed by atoms with Gasteiger partial charge in [-0.3, -0.25) is 0 Å². The molecule has 0 amide bonds. The number of halogens is 1. The first-order valence-electron chi connectivity index (χ1n) is 2.19. The van der Waals surface area contributed by atoms with Gasteiger partial charge in [-0.2, -0.15) is 0 Å². The van der Waals surface area contributed by atoms with Crippen molar-refractivity contribution in [2.75, 3.05) is 0 Å². The maximum atomic E-state index is 8.14. The van der Waals surface area contributed by atoms with E-state index in [4.69, 9.17) is 16.6 Å². The third-order valence-corrected chi connectivity index (χ3v) is 1.80. The van der Waals surface area contributed by atoms with Crippen LogP contribution >= 0.6 is 22.9 Å². The molecular formula is C4H3BClO2S. The Morgan fingerprint density at radius 1 is 1.78 bits per heavy atom. The second-order valence-corrected chi connectivity index (χ2v) is 2.85.